The molecular weight excluding hydrogens is 496 g/mol. The van der Waals surface area contributed by atoms with Crippen molar-refractivity contribution in [2.24, 2.45) is 0 Å². The lowest BCUT2D eigenvalue weighted by Gasteiger charge is -2.39. The average Bonchev–Trinajstić information content (AvgIpc) is 2.82. The van der Waals surface area contributed by atoms with Crippen LogP contribution in [0.1, 0.15) is 12.0 Å². The van der Waals surface area contributed by atoms with E-state index in [1.165, 1.54) is 25.3 Å². The molecule has 13 heteroatoms. The van der Waals surface area contributed by atoms with Gasteiger partial charge in [-0.25, -0.2) is 4.79 Å². The lowest BCUT2D eigenvalue weighted by atomic mass is 9.99. The van der Waals surface area contributed by atoms with Crippen LogP contribution in [0.15, 0.2) is 33.5 Å². The number of aromatic hydroxyl groups is 1. The number of aliphatic carboxylic acids is 1. The predicted octanol–water partition coefficient (Wildman–Crippen LogP) is 0.173. The Labute approximate surface area is 208 Å². The Kier molecular flexibility index (Phi) is 7.23. The van der Waals surface area contributed by atoms with Crippen LogP contribution in [0.3, 0.4) is 0 Å². The Morgan fingerprint density at radius 2 is 1.73 bits per heavy atom. The number of phenolic OH excluding ortho intramolecular Hbond substituents is 1. The van der Waals surface area contributed by atoms with Gasteiger partial charge in [-0.15, -0.1) is 0 Å². The number of carboxylic acids is 1. The molecule has 0 amide bonds. The molecule has 0 aliphatic carbocycles. The molecule has 1 fully saturated rings. The number of fused-ring (bicyclic) bond motifs is 3. The molecule has 3 aromatic rings. The van der Waals surface area contributed by atoms with Crippen LogP contribution in [0, 0.1) is 6.92 Å². The molecule has 0 saturated carbocycles. The summed E-state index contributed by atoms with van der Waals surface area (Å²) >= 11 is 0. The first-order valence-corrected chi connectivity index (χ1v) is 11.0. The van der Waals surface area contributed by atoms with Gasteiger partial charge in [0.2, 0.25) is 6.29 Å². The predicted molar refractivity (Wildman–Crippen MR) is 123 cm³/mol. The molecule has 5 atom stereocenters. The Bertz CT molecular complexity index is 1410. The first-order valence-electron chi connectivity index (χ1n) is 11.0. The van der Waals surface area contributed by atoms with Crippen LogP contribution in [0.25, 0.3) is 21.7 Å². The van der Waals surface area contributed by atoms with Crippen molar-refractivity contribution < 1.29 is 58.5 Å². The van der Waals surface area contributed by atoms with Crippen molar-refractivity contribution in [2.45, 2.75) is 44.1 Å². The van der Waals surface area contributed by atoms with E-state index in [0.717, 1.165) is 0 Å². The van der Waals surface area contributed by atoms with Gasteiger partial charge in [0.1, 0.15) is 65.7 Å². The summed E-state index contributed by atoms with van der Waals surface area (Å²) in [7, 11) is 1.41. The summed E-state index contributed by atoms with van der Waals surface area (Å²) in [5.74, 6) is -2.43. The number of aliphatic hydroxyl groups is 3. The van der Waals surface area contributed by atoms with Crippen molar-refractivity contribution in [3.63, 3.8) is 0 Å². The molecule has 5 N–H and O–H groups in total. The van der Waals surface area contributed by atoms with Crippen LogP contribution in [0.2, 0.25) is 0 Å². The molecule has 0 bridgehead atoms. The molecule has 13 nitrogen and oxygen atoms in total. The number of ether oxygens (including phenoxy) is 4. The summed E-state index contributed by atoms with van der Waals surface area (Å²) < 4.78 is 26.5. The molecule has 198 valence electrons. The fourth-order valence-electron chi connectivity index (χ4n) is 4.13. The van der Waals surface area contributed by atoms with E-state index in [9.17, 15) is 34.8 Å². The monoisotopic (exact) mass is 520 g/mol. The smallest absolute Gasteiger partial charge is 0.347 e. The molecule has 1 unspecified atom stereocenters. The lowest BCUT2D eigenvalue weighted by Crippen LogP contribution is -2.60. The minimum absolute atomic E-state index is 0.0338. The zero-order chi connectivity index (χ0) is 27.0. The maximum atomic E-state index is 12.6. The number of aliphatic hydroxyl groups excluding tert-OH is 3. The number of phenols is 1. The van der Waals surface area contributed by atoms with E-state index in [-0.39, 0.29) is 22.5 Å². The average molecular weight is 520 g/mol. The van der Waals surface area contributed by atoms with E-state index in [4.69, 9.17) is 28.5 Å². The molecule has 1 saturated heterocycles. The van der Waals surface area contributed by atoms with Crippen LogP contribution < -0.4 is 15.1 Å². The van der Waals surface area contributed by atoms with Gasteiger partial charge < -0.3 is 48.9 Å². The van der Waals surface area contributed by atoms with Gasteiger partial charge >= 0.3 is 17.6 Å². The Balaban J connectivity index is 1.64. The number of esters is 1. The first kappa shape index (κ1) is 26.2. The van der Waals surface area contributed by atoms with Crippen LogP contribution >= 0.6 is 0 Å². The third-order valence-corrected chi connectivity index (χ3v) is 5.90. The number of carbonyl (C=O) groups excluding carboxylic acids is 1. The SMILES string of the molecule is COc1cc(O)c2c(=O)oc3cc(O[C@@H]4OC(COC(=O)CC(=O)O)[C@H](O)[C@H](O)[C@@H]4O)cc(C)c3c2c1. The first-order chi connectivity index (χ1) is 17.5. The van der Waals surface area contributed by atoms with Crippen molar-refractivity contribution >= 4 is 33.7 Å². The van der Waals surface area contributed by atoms with E-state index < -0.39 is 61.3 Å². The fraction of sp³-hybridized carbons (Fsp3) is 0.375. The number of aryl methyl sites for hydroxylation is 1. The van der Waals surface area contributed by atoms with Crippen LogP contribution in [-0.4, -0.2) is 81.9 Å². The topological polar surface area (TPSA) is 202 Å². The Morgan fingerprint density at radius 3 is 2.41 bits per heavy atom. The fourth-order valence-corrected chi connectivity index (χ4v) is 4.13. The van der Waals surface area contributed by atoms with Crippen molar-refractivity contribution in [1.82, 2.24) is 0 Å². The number of carbonyl (C=O) groups is 2. The molecule has 1 aliphatic rings. The summed E-state index contributed by atoms with van der Waals surface area (Å²) in [5, 5.41) is 50.6. The standard InChI is InChI=1S/C24H24O13/c1-9-3-11(6-14-18(9)12-4-10(33-2)5-13(25)19(12)23(32)36-14)35-24-22(31)21(30)20(29)15(37-24)8-34-17(28)7-16(26)27/h3-6,15,20-22,24-25,29-31H,7-8H2,1-2H3,(H,26,27)/t15?,20-,21-,22-,24+/m0/s1. The largest absolute Gasteiger partial charge is 0.507 e. The number of hydrogen-bond acceptors (Lipinski definition) is 12. The maximum Gasteiger partial charge on any atom is 0.347 e. The second-order valence-electron chi connectivity index (χ2n) is 8.46. The highest BCUT2D eigenvalue weighted by Gasteiger charge is 2.45. The highest BCUT2D eigenvalue weighted by molar-refractivity contribution is 6.08. The third-order valence-electron chi connectivity index (χ3n) is 5.90. The van der Waals surface area contributed by atoms with Gasteiger partial charge in [-0.2, -0.15) is 0 Å². The number of benzene rings is 2. The Morgan fingerprint density at radius 1 is 1.00 bits per heavy atom. The summed E-state index contributed by atoms with van der Waals surface area (Å²) in [6.45, 7) is 1.08. The quantitative estimate of drug-likeness (QED) is 0.122. The summed E-state index contributed by atoms with van der Waals surface area (Å²) in [5.41, 5.74) is -0.168. The van der Waals surface area contributed by atoms with Crippen molar-refractivity contribution in [3.05, 3.63) is 40.2 Å². The number of methoxy groups -OCH3 is 1. The number of carboxylic acid groups (broad SMARTS) is 1. The zero-order valence-electron chi connectivity index (χ0n) is 19.6. The number of rotatable bonds is 7. The molecule has 2 aromatic carbocycles. The van der Waals surface area contributed by atoms with Crippen LogP contribution in [0.4, 0.5) is 0 Å². The normalized spacial score (nSPS) is 23.6. The maximum absolute atomic E-state index is 12.6. The summed E-state index contributed by atoms with van der Waals surface area (Å²) in [4.78, 5) is 34.7. The highest BCUT2D eigenvalue weighted by atomic mass is 16.7. The summed E-state index contributed by atoms with van der Waals surface area (Å²) in [6.07, 6.45) is -8.94. The minimum atomic E-state index is -1.75. The highest BCUT2D eigenvalue weighted by Crippen LogP contribution is 2.36. The molecule has 0 radical (unpaired) electrons. The molecular formula is C24H24O13. The molecule has 0 spiro atoms. The minimum Gasteiger partial charge on any atom is -0.507 e. The Hall–Kier alpha value is -3.91. The van der Waals surface area contributed by atoms with Crippen LogP contribution in [-0.2, 0) is 19.1 Å². The van der Waals surface area contributed by atoms with E-state index in [0.29, 0.717) is 22.1 Å². The van der Waals surface area contributed by atoms with Crippen LogP contribution in [0.5, 0.6) is 17.2 Å². The summed E-state index contributed by atoms with van der Waals surface area (Å²) in [6, 6.07) is 5.74. The van der Waals surface area contributed by atoms with E-state index in [1.54, 1.807) is 13.0 Å². The third kappa shape index (κ3) is 5.15. The molecule has 1 aromatic heterocycles. The van der Waals surface area contributed by atoms with Gasteiger partial charge in [0.15, 0.2) is 0 Å². The van der Waals surface area contributed by atoms with Gasteiger partial charge in [0.25, 0.3) is 0 Å². The van der Waals surface area contributed by atoms with Gasteiger partial charge in [-0.3, -0.25) is 9.59 Å². The van der Waals surface area contributed by atoms with Gasteiger partial charge in [-0.05, 0) is 24.6 Å². The molecule has 37 heavy (non-hydrogen) atoms. The van der Waals surface area contributed by atoms with Gasteiger partial charge in [0, 0.05) is 22.9 Å². The number of hydrogen-bond donors (Lipinski definition) is 5. The van der Waals surface area contributed by atoms with Gasteiger partial charge in [-0.1, -0.05) is 0 Å². The second-order valence-corrected chi connectivity index (χ2v) is 8.46. The zero-order valence-corrected chi connectivity index (χ0v) is 19.6. The van der Waals surface area contributed by atoms with Crippen molar-refractivity contribution in [1.29, 1.82) is 0 Å². The van der Waals surface area contributed by atoms with Crippen molar-refractivity contribution in [2.75, 3.05) is 13.7 Å². The van der Waals surface area contributed by atoms with E-state index >= 15 is 0 Å². The van der Waals surface area contributed by atoms with Crippen molar-refractivity contribution in [3.8, 4) is 17.2 Å². The second kappa shape index (κ2) is 10.2. The van der Waals surface area contributed by atoms with E-state index in [1.807, 2.05) is 0 Å². The molecule has 4 rings (SSSR count). The lowest BCUT2D eigenvalue weighted by molar-refractivity contribution is -0.278. The molecule has 2 heterocycles. The van der Waals surface area contributed by atoms with E-state index in [2.05, 4.69) is 0 Å². The van der Waals surface area contributed by atoms with Gasteiger partial charge in [0.05, 0.1) is 7.11 Å². The molecule has 1 aliphatic heterocycles.